The van der Waals surface area contributed by atoms with Gasteiger partial charge in [0.1, 0.15) is 6.61 Å². The number of carboxylic acids is 1. The molecule has 0 aromatic carbocycles. The van der Waals surface area contributed by atoms with E-state index in [2.05, 4.69) is 4.74 Å². The van der Waals surface area contributed by atoms with Crippen LogP contribution in [0.5, 0.6) is 0 Å². The molecule has 1 atom stereocenters. The summed E-state index contributed by atoms with van der Waals surface area (Å²) in [7, 11) is 0. The topological polar surface area (TPSA) is 72.5 Å². The largest absolute Gasteiger partial charge is 0.480 e. The van der Waals surface area contributed by atoms with Gasteiger partial charge < -0.3 is 15.6 Å². The van der Waals surface area contributed by atoms with Crippen LogP contribution in [0.4, 0.5) is 13.2 Å². The molecule has 4 nitrogen and oxygen atoms in total. The molecule has 0 aromatic rings. The van der Waals surface area contributed by atoms with E-state index < -0.39 is 37.8 Å². The normalized spacial score (nSPS) is 13.1. The first-order chi connectivity index (χ1) is 5.88. The number of carbonyl (C=O) groups is 1. The first kappa shape index (κ1) is 15.9. The number of hydrogen-bond acceptors (Lipinski definition) is 3. The summed E-state index contributed by atoms with van der Waals surface area (Å²) in [5.41, 5.74) is 4.83. The highest BCUT2D eigenvalue weighted by Gasteiger charge is 2.38. The molecule has 14 heavy (non-hydrogen) atoms. The Morgan fingerprint density at radius 2 is 2.00 bits per heavy atom. The summed E-state index contributed by atoms with van der Waals surface area (Å²) >= 11 is 0. The molecule has 0 saturated heterocycles. The van der Waals surface area contributed by atoms with Crippen LogP contribution in [0, 0.1) is 5.92 Å². The first-order valence-electron chi connectivity index (χ1n) is 3.44. The number of halogens is 4. The number of alkyl halides is 3. The molecule has 0 bridgehead atoms. The third-order valence-electron chi connectivity index (χ3n) is 1.29. The number of nitrogens with two attached hydrogens (primary N) is 1. The Morgan fingerprint density at radius 3 is 2.29 bits per heavy atom. The van der Waals surface area contributed by atoms with Gasteiger partial charge in [-0.2, -0.15) is 13.2 Å². The van der Waals surface area contributed by atoms with Gasteiger partial charge in [0.2, 0.25) is 0 Å². The maximum absolute atomic E-state index is 11.9. The standard InChI is InChI=1S/C6H10F3NO3.ClH/c7-6(8,9)4(1-10)2-13-3-5(11)12;/h4H,1-3,10H2,(H,11,12);1H. The predicted molar refractivity (Wildman–Crippen MR) is 44.3 cm³/mol. The summed E-state index contributed by atoms with van der Waals surface area (Å²) in [6, 6.07) is 0. The molecule has 3 N–H and O–H groups in total. The molecule has 0 heterocycles. The second-order valence-corrected chi connectivity index (χ2v) is 2.38. The van der Waals surface area contributed by atoms with E-state index in [9.17, 15) is 18.0 Å². The van der Waals surface area contributed by atoms with E-state index in [1.807, 2.05) is 0 Å². The number of carboxylic acid groups (broad SMARTS) is 1. The molecule has 0 saturated carbocycles. The van der Waals surface area contributed by atoms with E-state index in [1.54, 1.807) is 0 Å². The van der Waals surface area contributed by atoms with E-state index in [-0.39, 0.29) is 12.4 Å². The molecule has 1 unspecified atom stereocenters. The molecular formula is C6H11ClF3NO3. The zero-order valence-corrected chi connectivity index (χ0v) is 7.90. The Bertz CT molecular complexity index is 176. The van der Waals surface area contributed by atoms with Gasteiger partial charge >= 0.3 is 12.1 Å². The molecule has 0 spiro atoms. The van der Waals surface area contributed by atoms with Crippen LogP contribution in [0.3, 0.4) is 0 Å². The molecule has 0 rings (SSSR count). The van der Waals surface area contributed by atoms with E-state index in [4.69, 9.17) is 10.8 Å². The summed E-state index contributed by atoms with van der Waals surface area (Å²) in [6.45, 7) is -2.07. The van der Waals surface area contributed by atoms with Gasteiger partial charge in [-0.05, 0) is 0 Å². The smallest absolute Gasteiger partial charge is 0.395 e. The molecular weight excluding hydrogens is 227 g/mol. The number of ether oxygens (including phenoxy) is 1. The zero-order valence-electron chi connectivity index (χ0n) is 7.08. The quantitative estimate of drug-likeness (QED) is 0.736. The van der Waals surface area contributed by atoms with E-state index >= 15 is 0 Å². The summed E-state index contributed by atoms with van der Waals surface area (Å²) in [4.78, 5) is 9.88. The van der Waals surface area contributed by atoms with Crippen molar-refractivity contribution in [3.8, 4) is 0 Å². The minimum Gasteiger partial charge on any atom is -0.480 e. The van der Waals surface area contributed by atoms with Crippen molar-refractivity contribution in [3.05, 3.63) is 0 Å². The third-order valence-corrected chi connectivity index (χ3v) is 1.29. The molecule has 8 heteroatoms. The summed E-state index contributed by atoms with van der Waals surface area (Å²) in [5.74, 6) is -3.11. The van der Waals surface area contributed by atoms with E-state index in [0.717, 1.165) is 0 Å². The molecule has 86 valence electrons. The van der Waals surface area contributed by atoms with Crippen LogP contribution in [0.1, 0.15) is 0 Å². The SMILES string of the molecule is Cl.NCC(COCC(=O)O)C(F)(F)F. The van der Waals surface area contributed by atoms with Crippen molar-refractivity contribution in [2.24, 2.45) is 11.7 Å². The second kappa shape index (κ2) is 6.86. The van der Waals surface area contributed by atoms with Gasteiger partial charge in [-0.25, -0.2) is 4.79 Å². The van der Waals surface area contributed by atoms with Crippen molar-refractivity contribution in [1.82, 2.24) is 0 Å². The van der Waals surface area contributed by atoms with Gasteiger partial charge in [0.15, 0.2) is 0 Å². The average molecular weight is 238 g/mol. The molecule has 0 aliphatic carbocycles. The highest BCUT2D eigenvalue weighted by Crippen LogP contribution is 2.25. The van der Waals surface area contributed by atoms with Gasteiger partial charge in [-0.1, -0.05) is 0 Å². The minimum absolute atomic E-state index is 0. The number of rotatable bonds is 5. The van der Waals surface area contributed by atoms with Crippen LogP contribution in [0.25, 0.3) is 0 Å². The molecule has 0 aromatic heterocycles. The lowest BCUT2D eigenvalue weighted by atomic mass is 10.1. The van der Waals surface area contributed by atoms with E-state index in [1.165, 1.54) is 0 Å². The van der Waals surface area contributed by atoms with Gasteiger partial charge in [0.25, 0.3) is 0 Å². The predicted octanol–water partition coefficient (Wildman–Crippen LogP) is 0.647. The fourth-order valence-electron chi connectivity index (χ4n) is 0.585. The summed E-state index contributed by atoms with van der Waals surface area (Å²) < 4.78 is 40.1. The second-order valence-electron chi connectivity index (χ2n) is 2.38. The Labute approximate surface area is 84.6 Å². The zero-order chi connectivity index (χ0) is 10.5. The van der Waals surface area contributed by atoms with Crippen LogP contribution in [-0.4, -0.2) is 37.0 Å². The van der Waals surface area contributed by atoms with Crippen molar-refractivity contribution in [1.29, 1.82) is 0 Å². The summed E-state index contributed by atoms with van der Waals surface area (Å²) in [5, 5.41) is 8.06. The highest BCUT2D eigenvalue weighted by atomic mass is 35.5. The van der Waals surface area contributed by atoms with Crippen LogP contribution in [0.2, 0.25) is 0 Å². The van der Waals surface area contributed by atoms with Gasteiger partial charge in [0, 0.05) is 6.54 Å². The fourth-order valence-corrected chi connectivity index (χ4v) is 0.585. The molecule has 0 radical (unpaired) electrons. The van der Waals surface area contributed by atoms with Crippen LogP contribution in [-0.2, 0) is 9.53 Å². The number of aliphatic carboxylic acids is 1. The Morgan fingerprint density at radius 1 is 1.50 bits per heavy atom. The van der Waals surface area contributed by atoms with Crippen LogP contribution >= 0.6 is 12.4 Å². The average Bonchev–Trinajstić information content (AvgIpc) is 1.95. The Hall–Kier alpha value is -0.530. The van der Waals surface area contributed by atoms with Gasteiger partial charge in [-0.3, -0.25) is 0 Å². The van der Waals surface area contributed by atoms with Crippen molar-refractivity contribution in [2.75, 3.05) is 19.8 Å². The van der Waals surface area contributed by atoms with Gasteiger partial charge in [0.05, 0.1) is 12.5 Å². The van der Waals surface area contributed by atoms with Crippen molar-refractivity contribution < 1.29 is 27.8 Å². The maximum atomic E-state index is 11.9. The van der Waals surface area contributed by atoms with Crippen molar-refractivity contribution in [3.63, 3.8) is 0 Å². The molecule has 0 aliphatic rings. The fraction of sp³-hybridized carbons (Fsp3) is 0.833. The van der Waals surface area contributed by atoms with Crippen LogP contribution in [0.15, 0.2) is 0 Å². The molecule has 0 amide bonds. The summed E-state index contributed by atoms with van der Waals surface area (Å²) in [6.07, 6.45) is -4.44. The molecule has 0 aliphatic heterocycles. The van der Waals surface area contributed by atoms with Crippen molar-refractivity contribution in [2.45, 2.75) is 6.18 Å². The molecule has 0 fully saturated rings. The van der Waals surface area contributed by atoms with Crippen LogP contribution < -0.4 is 5.73 Å². The lowest BCUT2D eigenvalue weighted by molar-refractivity contribution is -0.187. The Kier molecular flexibility index (Phi) is 7.80. The van der Waals surface area contributed by atoms with E-state index in [0.29, 0.717) is 0 Å². The first-order valence-corrected chi connectivity index (χ1v) is 3.44. The Balaban J connectivity index is 0. The lowest BCUT2D eigenvalue weighted by Gasteiger charge is -2.17. The third kappa shape index (κ3) is 6.93. The lowest BCUT2D eigenvalue weighted by Crippen LogP contribution is -2.34. The van der Waals surface area contributed by atoms with Crippen molar-refractivity contribution >= 4 is 18.4 Å². The minimum atomic E-state index is -4.44. The van der Waals surface area contributed by atoms with Gasteiger partial charge in [-0.15, -0.1) is 12.4 Å². The number of hydrogen-bond donors (Lipinski definition) is 2. The monoisotopic (exact) mass is 237 g/mol. The highest BCUT2D eigenvalue weighted by molar-refractivity contribution is 5.85. The maximum Gasteiger partial charge on any atom is 0.395 e.